The van der Waals surface area contributed by atoms with Crippen LogP contribution in [0.2, 0.25) is 5.02 Å². The lowest BCUT2D eigenvalue weighted by Gasteiger charge is -2.22. The molecule has 0 N–H and O–H groups in total. The van der Waals surface area contributed by atoms with Crippen LogP contribution in [0.25, 0.3) is 0 Å². The minimum atomic E-state index is -0.814. The number of para-hydroxylation sites is 1. The van der Waals surface area contributed by atoms with Gasteiger partial charge in [0.05, 0.1) is 5.92 Å². The Morgan fingerprint density at radius 1 is 0.900 bits per heavy atom. The first kappa shape index (κ1) is 21.5. The van der Waals surface area contributed by atoms with Crippen LogP contribution < -0.4 is 4.74 Å². The van der Waals surface area contributed by atoms with Gasteiger partial charge in [-0.15, -0.1) is 6.42 Å². The van der Waals surface area contributed by atoms with Crippen molar-refractivity contribution in [1.29, 1.82) is 0 Å². The summed E-state index contributed by atoms with van der Waals surface area (Å²) in [4.78, 5) is 13.0. The predicted molar refractivity (Wildman–Crippen MR) is 120 cm³/mol. The van der Waals surface area contributed by atoms with Crippen molar-refractivity contribution < 1.29 is 14.3 Å². The van der Waals surface area contributed by atoms with Gasteiger partial charge < -0.3 is 9.47 Å². The summed E-state index contributed by atoms with van der Waals surface area (Å²) in [6, 6.07) is 23.9. The zero-order valence-corrected chi connectivity index (χ0v) is 17.7. The SMILES string of the molecule is C#C[C@H](OC(=O)[C@@H](c1ccc(Cl)cc1)C(C)C)c1cccc(Oc2ccccc2)c1. The van der Waals surface area contributed by atoms with Crippen molar-refractivity contribution in [2.45, 2.75) is 25.9 Å². The lowest BCUT2D eigenvalue weighted by Crippen LogP contribution is -2.22. The number of hydrogen-bond donors (Lipinski definition) is 0. The molecular weight excluding hydrogens is 396 g/mol. The number of rotatable bonds is 7. The van der Waals surface area contributed by atoms with Crippen molar-refractivity contribution in [1.82, 2.24) is 0 Å². The fourth-order valence-corrected chi connectivity index (χ4v) is 3.34. The molecule has 0 saturated heterocycles. The molecule has 4 heteroatoms. The Bertz CT molecular complexity index is 1020. The Labute approximate surface area is 182 Å². The van der Waals surface area contributed by atoms with E-state index in [0.717, 1.165) is 5.56 Å². The van der Waals surface area contributed by atoms with E-state index in [9.17, 15) is 4.79 Å². The van der Waals surface area contributed by atoms with E-state index in [1.54, 1.807) is 18.2 Å². The number of carbonyl (C=O) groups excluding carboxylic acids is 1. The van der Waals surface area contributed by atoms with Crippen molar-refractivity contribution in [3.8, 4) is 23.8 Å². The van der Waals surface area contributed by atoms with Gasteiger partial charge in [-0.1, -0.05) is 73.8 Å². The lowest BCUT2D eigenvalue weighted by molar-refractivity contribution is -0.149. The molecule has 0 aliphatic rings. The maximum absolute atomic E-state index is 13.0. The molecule has 0 aliphatic carbocycles. The molecule has 2 atom stereocenters. The summed E-state index contributed by atoms with van der Waals surface area (Å²) in [5, 5.41) is 0.617. The Morgan fingerprint density at radius 3 is 2.20 bits per heavy atom. The van der Waals surface area contributed by atoms with Crippen LogP contribution in [0.15, 0.2) is 78.9 Å². The topological polar surface area (TPSA) is 35.5 Å². The van der Waals surface area contributed by atoms with Crippen molar-refractivity contribution in [3.63, 3.8) is 0 Å². The van der Waals surface area contributed by atoms with Crippen molar-refractivity contribution >= 4 is 17.6 Å². The van der Waals surface area contributed by atoms with Gasteiger partial charge in [-0.05, 0) is 47.9 Å². The Morgan fingerprint density at radius 2 is 1.57 bits per heavy atom. The molecule has 3 nitrogen and oxygen atoms in total. The first-order valence-corrected chi connectivity index (χ1v) is 10.1. The molecule has 0 saturated carbocycles. The number of halogens is 1. The van der Waals surface area contributed by atoms with Crippen molar-refractivity contribution in [3.05, 3.63) is 95.0 Å². The van der Waals surface area contributed by atoms with E-state index in [1.807, 2.05) is 74.5 Å². The van der Waals surface area contributed by atoms with E-state index < -0.39 is 12.0 Å². The molecule has 0 heterocycles. The average molecular weight is 419 g/mol. The van der Waals surface area contributed by atoms with Crippen LogP contribution in [0.1, 0.15) is 37.0 Å². The van der Waals surface area contributed by atoms with E-state index in [4.69, 9.17) is 27.5 Å². The second-order valence-corrected chi connectivity index (χ2v) is 7.68. The second kappa shape index (κ2) is 10.0. The van der Waals surface area contributed by atoms with E-state index in [0.29, 0.717) is 22.1 Å². The molecule has 0 spiro atoms. The molecular formula is C26H23ClO3. The third kappa shape index (κ3) is 5.43. The minimum absolute atomic E-state index is 0.0323. The van der Waals surface area contributed by atoms with E-state index in [2.05, 4.69) is 5.92 Å². The van der Waals surface area contributed by atoms with Gasteiger partial charge in [0.1, 0.15) is 11.5 Å². The molecule has 152 valence electrons. The van der Waals surface area contributed by atoms with Gasteiger partial charge in [0.2, 0.25) is 0 Å². The summed E-state index contributed by atoms with van der Waals surface area (Å²) in [5.74, 6) is 3.13. The smallest absolute Gasteiger partial charge is 0.315 e. The van der Waals surface area contributed by atoms with E-state index in [-0.39, 0.29) is 11.9 Å². The number of carbonyl (C=O) groups is 1. The molecule has 3 aromatic rings. The molecule has 3 rings (SSSR count). The summed E-state index contributed by atoms with van der Waals surface area (Å²) < 4.78 is 11.6. The van der Waals surface area contributed by atoms with Gasteiger partial charge in [-0.25, -0.2) is 0 Å². The highest BCUT2D eigenvalue weighted by molar-refractivity contribution is 6.30. The van der Waals surface area contributed by atoms with Gasteiger partial charge in [-0.3, -0.25) is 4.79 Å². The van der Waals surface area contributed by atoms with Crippen molar-refractivity contribution in [2.24, 2.45) is 5.92 Å². The predicted octanol–water partition coefficient (Wildman–Crippen LogP) is 6.79. The summed E-state index contributed by atoms with van der Waals surface area (Å²) in [7, 11) is 0. The van der Waals surface area contributed by atoms with Crippen LogP contribution in [0.4, 0.5) is 0 Å². The molecule has 0 fully saturated rings. The van der Waals surface area contributed by atoms with Gasteiger partial charge >= 0.3 is 5.97 Å². The highest BCUT2D eigenvalue weighted by Crippen LogP contribution is 2.31. The first-order valence-electron chi connectivity index (χ1n) is 9.73. The Balaban J connectivity index is 1.78. The van der Waals surface area contributed by atoms with Crippen LogP contribution in [0.5, 0.6) is 11.5 Å². The van der Waals surface area contributed by atoms with Crippen LogP contribution in [-0.2, 0) is 9.53 Å². The monoisotopic (exact) mass is 418 g/mol. The molecule has 0 radical (unpaired) electrons. The largest absolute Gasteiger partial charge is 0.457 e. The van der Waals surface area contributed by atoms with Gasteiger partial charge in [0.25, 0.3) is 0 Å². The van der Waals surface area contributed by atoms with Crippen LogP contribution in [0, 0.1) is 18.3 Å². The quantitative estimate of drug-likeness (QED) is 0.313. The van der Waals surface area contributed by atoms with Crippen molar-refractivity contribution in [2.75, 3.05) is 0 Å². The molecule has 0 aromatic heterocycles. The lowest BCUT2D eigenvalue weighted by atomic mass is 9.88. The maximum atomic E-state index is 13.0. The fourth-order valence-electron chi connectivity index (χ4n) is 3.22. The first-order chi connectivity index (χ1) is 14.5. The Hall–Kier alpha value is -3.22. The molecule has 0 aliphatic heterocycles. The summed E-state index contributed by atoms with van der Waals surface area (Å²) in [5.41, 5.74) is 1.52. The fraction of sp³-hybridized carbons (Fsp3) is 0.192. The highest BCUT2D eigenvalue weighted by atomic mass is 35.5. The zero-order valence-electron chi connectivity index (χ0n) is 16.9. The summed E-state index contributed by atoms with van der Waals surface area (Å²) in [6.07, 6.45) is 4.89. The minimum Gasteiger partial charge on any atom is -0.457 e. The van der Waals surface area contributed by atoms with Crippen LogP contribution in [0.3, 0.4) is 0 Å². The number of ether oxygens (including phenoxy) is 2. The molecule has 0 unspecified atom stereocenters. The Kier molecular flexibility index (Phi) is 7.17. The zero-order chi connectivity index (χ0) is 21.5. The highest BCUT2D eigenvalue weighted by Gasteiger charge is 2.28. The van der Waals surface area contributed by atoms with Gasteiger partial charge in [-0.2, -0.15) is 0 Å². The van der Waals surface area contributed by atoms with E-state index >= 15 is 0 Å². The number of terminal acetylenes is 1. The summed E-state index contributed by atoms with van der Waals surface area (Å²) in [6.45, 7) is 3.94. The molecule has 0 amide bonds. The molecule has 30 heavy (non-hydrogen) atoms. The average Bonchev–Trinajstić information content (AvgIpc) is 2.74. The normalized spacial score (nSPS) is 12.6. The number of esters is 1. The van der Waals surface area contributed by atoms with Crippen LogP contribution >= 0.6 is 11.6 Å². The van der Waals surface area contributed by atoms with E-state index in [1.165, 1.54) is 0 Å². The standard InChI is InChI=1S/C26H23ClO3/c1-4-24(20-9-8-12-23(17-20)29-22-10-6-5-7-11-22)30-26(28)25(18(2)3)19-13-15-21(27)16-14-19/h1,5-18,24-25H,2-3H3/t24-,25+/m0/s1. The van der Waals surface area contributed by atoms with Gasteiger partial charge in [0.15, 0.2) is 6.10 Å². The van der Waals surface area contributed by atoms with Crippen LogP contribution in [-0.4, -0.2) is 5.97 Å². The molecule has 0 bridgehead atoms. The maximum Gasteiger partial charge on any atom is 0.315 e. The number of benzene rings is 3. The molecule has 3 aromatic carbocycles. The number of hydrogen-bond acceptors (Lipinski definition) is 3. The van der Waals surface area contributed by atoms with Gasteiger partial charge in [0, 0.05) is 10.6 Å². The second-order valence-electron chi connectivity index (χ2n) is 7.24. The third-order valence-electron chi connectivity index (χ3n) is 4.67. The summed E-state index contributed by atoms with van der Waals surface area (Å²) >= 11 is 5.98. The third-order valence-corrected chi connectivity index (χ3v) is 4.93.